The Kier molecular flexibility index (Phi) is 6.46. The highest BCUT2D eigenvalue weighted by molar-refractivity contribution is 7.88. The van der Waals surface area contributed by atoms with Crippen LogP contribution in [0.1, 0.15) is 10.4 Å². The molecule has 0 saturated carbocycles. The predicted molar refractivity (Wildman–Crippen MR) is 115 cm³/mol. The van der Waals surface area contributed by atoms with Crippen molar-refractivity contribution in [3.8, 4) is 0 Å². The molecule has 154 valence electrons. The highest BCUT2D eigenvalue weighted by Crippen LogP contribution is 2.20. The van der Waals surface area contributed by atoms with E-state index in [0.29, 0.717) is 31.9 Å². The third-order valence-electron chi connectivity index (χ3n) is 4.54. The number of piperazine rings is 1. The lowest BCUT2D eigenvalue weighted by molar-refractivity contribution is 0.0974. The molecular formula is C19H21FN4O3S2. The van der Waals surface area contributed by atoms with Gasteiger partial charge >= 0.3 is 0 Å². The number of nitrogens with one attached hydrogen (secondary N) is 2. The van der Waals surface area contributed by atoms with E-state index < -0.39 is 21.7 Å². The maximum absolute atomic E-state index is 13.7. The fourth-order valence-corrected chi connectivity index (χ4v) is 4.05. The summed E-state index contributed by atoms with van der Waals surface area (Å²) in [5.41, 5.74) is 1.55. The maximum Gasteiger partial charge on any atom is 0.260 e. The van der Waals surface area contributed by atoms with Gasteiger partial charge in [0.2, 0.25) is 10.0 Å². The number of amides is 1. The Morgan fingerprint density at radius 1 is 1.03 bits per heavy atom. The Balaban J connectivity index is 1.55. The molecular weight excluding hydrogens is 415 g/mol. The van der Waals surface area contributed by atoms with Gasteiger partial charge in [-0.25, -0.2) is 12.8 Å². The summed E-state index contributed by atoms with van der Waals surface area (Å²) in [6, 6.07) is 13.1. The van der Waals surface area contributed by atoms with Crippen LogP contribution in [0.25, 0.3) is 0 Å². The van der Waals surface area contributed by atoms with Crippen molar-refractivity contribution in [2.24, 2.45) is 0 Å². The van der Waals surface area contributed by atoms with Crippen LogP contribution in [-0.2, 0) is 10.0 Å². The van der Waals surface area contributed by atoms with Crippen molar-refractivity contribution in [3.05, 3.63) is 59.9 Å². The molecule has 0 unspecified atom stereocenters. The summed E-state index contributed by atoms with van der Waals surface area (Å²) >= 11 is 5.12. The van der Waals surface area contributed by atoms with E-state index in [2.05, 4.69) is 15.5 Å². The van der Waals surface area contributed by atoms with E-state index in [1.54, 1.807) is 18.2 Å². The number of thiocarbonyl (C=S) groups is 1. The second kappa shape index (κ2) is 8.85. The number of carbonyl (C=O) groups is 1. The van der Waals surface area contributed by atoms with Gasteiger partial charge in [-0.1, -0.05) is 12.1 Å². The van der Waals surface area contributed by atoms with Crippen LogP contribution in [-0.4, -0.2) is 56.2 Å². The number of sulfonamides is 1. The molecule has 3 rings (SSSR count). The first kappa shape index (κ1) is 21.2. The van der Waals surface area contributed by atoms with Crippen molar-refractivity contribution in [2.45, 2.75) is 0 Å². The molecule has 1 amide bonds. The number of benzene rings is 2. The minimum Gasteiger partial charge on any atom is -0.369 e. The number of halogens is 1. The Bertz CT molecular complexity index is 1000. The fourth-order valence-electron chi connectivity index (χ4n) is 3.01. The topological polar surface area (TPSA) is 81.8 Å². The molecule has 2 aromatic rings. The van der Waals surface area contributed by atoms with Crippen LogP contribution in [0, 0.1) is 5.82 Å². The lowest BCUT2D eigenvalue weighted by atomic mass is 10.2. The highest BCUT2D eigenvalue weighted by Gasteiger charge is 2.23. The Hall–Kier alpha value is -2.56. The Morgan fingerprint density at radius 3 is 2.24 bits per heavy atom. The van der Waals surface area contributed by atoms with Gasteiger partial charge in [-0.05, 0) is 48.6 Å². The van der Waals surface area contributed by atoms with Crippen molar-refractivity contribution in [1.29, 1.82) is 0 Å². The van der Waals surface area contributed by atoms with Crippen molar-refractivity contribution in [3.63, 3.8) is 0 Å². The van der Waals surface area contributed by atoms with E-state index >= 15 is 0 Å². The van der Waals surface area contributed by atoms with E-state index in [0.717, 1.165) is 5.69 Å². The summed E-state index contributed by atoms with van der Waals surface area (Å²) in [7, 11) is -3.16. The van der Waals surface area contributed by atoms with Crippen LogP contribution in [0.15, 0.2) is 48.5 Å². The smallest absolute Gasteiger partial charge is 0.260 e. The molecule has 1 aliphatic rings. The van der Waals surface area contributed by atoms with Gasteiger partial charge in [0.1, 0.15) is 5.82 Å². The predicted octanol–water partition coefficient (Wildman–Crippen LogP) is 2.03. The van der Waals surface area contributed by atoms with Gasteiger partial charge in [0.15, 0.2) is 5.11 Å². The third kappa shape index (κ3) is 5.49. The van der Waals surface area contributed by atoms with E-state index in [1.165, 1.54) is 28.8 Å². The lowest BCUT2D eigenvalue weighted by Crippen LogP contribution is -2.48. The SMILES string of the molecule is CS(=O)(=O)N1CCN(c2ccc(NC(=S)NC(=O)c3ccccc3F)cc2)CC1. The summed E-state index contributed by atoms with van der Waals surface area (Å²) < 4.78 is 38.3. The van der Waals surface area contributed by atoms with Crippen LogP contribution >= 0.6 is 12.2 Å². The van der Waals surface area contributed by atoms with Gasteiger partial charge < -0.3 is 10.2 Å². The van der Waals surface area contributed by atoms with Crippen LogP contribution in [0.3, 0.4) is 0 Å². The quantitative estimate of drug-likeness (QED) is 0.714. The minimum absolute atomic E-state index is 0.0627. The fraction of sp³-hybridized carbons (Fsp3) is 0.263. The van der Waals surface area contributed by atoms with Gasteiger partial charge in [-0.15, -0.1) is 0 Å². The first-order valence-corrected chi connectivity index (χ1v) is 11.2. The molecule has 1 fully saturated rings. The van der Waals surface area contributed by atoms with Crippen molar-refractivity contribution in [1.82, 2.24) is 9.62 Å². The second-order valence-electron chi connectivity index (χ2n) is 6.58. The molecule has 0 atom stereocenters. The van der Waals surface area contributed by atoms with E-state index in [-0.39, 0.29) is 10.7 Å². The van der Waals surface area contributed by atoms with Gasteiger partial charge in [-0.3, -0.25) is 10.1 Å². The van der Waals surface area contributed by atoms with Gasteiger partial charge in [0.05, 0.1) is 11.8 Å². The second-order valence-corrected chi connectivity index (χ2v) is 8.97. The highest BCUT2D eigenvalue weighted by atomic mass is 32.2. The number of anilines is 2. The molecule has 0 bridgehead atoms. The number of nitrogens with zero attached hydrogens (tertiary/aromatic N) is 2. The molecule has 1 saturated heterocycles. The summed E-state index contributed by atoms with van der Waals surface area (Å²) in [5, 5.41) is 5.40. The Morgan fingerprint density at radius 2 is 1.66 bits per heavy atom. The van der Waals surface area contributed by atoms with Gasteiger partial charge in [-0.2, -0.15) is 4.31 Å². The molecule has 7 nitrogen and oxygen atoms in total. The average Bonchev–Trinajstić information content (AvgIpc) is 2.68. The molecule has 1 aliphatic heterocycles. The van der Waals surface area contributed by atoms with Crippen LogP contribution < -0.4 is 15.5 Å². The summed E-state index contributed by atoms with van der Waals surface area (Å²) in [4.78, 5) is 14.2. The van der Waals surface area contributed by atoms with E-state index in [4.69, 9.17) is 12.2 Å². The van der Waals surface area contributed by atoms with Crippen LogP contribution in [0.5, 0.6) is 0 Å². The van der Waals surface area contributed by atoms with Crippen molar-refractivity contribution in [2.75, 3.05) is 42.7 Å². The monoisotopic (exact) mass is 436 g/mol. The number of hydrogen-bond donors (Lipinski definition) is 2. The largest absolute Gasteiger partial charge is 0.369 e. The molecule has 10 heteroatoms. The van der Waals surface area contributed by atoms with Gasteiger partial charge in [0.25, 0.3) is 5.91 Å². The lowest BCUT2D eigenvalue weighted by Gasteiger charge is -2.34. The molecule has 1 heterocycles. The average molecular weight is 437 g/mol. The maximum atomic E-state index is 13.7. The van der Waals surface area contributed by atoms with E-state index in [1.807, 2.05) is 12.1 Å². The zero-order valence-electron chi connectivity index (χ0n) is 15.8. The molecule has 0 radical (unpaired) electrons. The summed E-state index contributed by atoms with van der Waals surface area (Å²) in [6.07, 6.45) is 1.22. The summed E-state index contributed by atoms with van der Waals surface area (Å²) in [5.74, 6) is -1.24. The first-order valence-electron chi connectivity index (χ1n) is 8.91. The molecule has 2 N–H and O–H groups in total. The summed E-state index contributed by atoms with van der Waals surface area (Å²) in [6.45, 7) is 2.11. The third-order valence-corrected chi connectivity index (χ3v) is 6.05. The van der Waals surface area contributed by atoms with E-state index in [9.17, 15) is 17.6 Å². The zero-order valence-corrected chi connectivity index (χ0v) is 17.4. The minimum atomic E-state index is -3.16. The molecule has 0 spiro atoms. The zero-order chi connectivity index (χ0) is 21.0. The van der Waals surface area contributed by atoms with Crippen molar-refractivity contribution < 1.29 is 17.6 Å². The normalized spacial score (nSPS) is 15.0. The number of rotatable bonds is 4. The molecule has 0 aromatic heterocycles. The van der Waals surface area contributed by atoms with Crippen LogP contribution in [0.2, 0.25) is 0 Å². The van der Waals surface area contributed by atoms with Gasteiger partial charge in [0, 0.05) is 37.6 Å². The van der Waals surface area contributed by atoms with Crippen LogP contribution in [0.4, 0.5) is 15.8 Å². The number of hydrogen-bond acceptors (Lipinski definition) is 5. The molecule has 2 aromatic carbocycles. The van der Waals surface area contributed by atoms with Crippen molar-refractivity contribution >= 4 is 44.6 Å². The Labute approximate surface area is 174 Å². The standard InChI is InChI=1S/C19H21FN4O3S2/c1-29(26,27)24-12-10-23(11-13-24)15-8-6-14(7-9-15)21-19(28)22-18(25)16-4-2-3-5-17(16)20/h2-9H,10-13H2,1H3,(H2,21,22,25,28). The molecule has 29 heavy (non-hydrogen) atoms. The molecule has 0 aliphatic carbocycles. The number of carbonyl (C=O) groups excluding carboxylic acids is 1. The first-order chi connectivity index (χ1) is 13.7.